The Morgan fingerprint density at radius 3 is 2.28 bits per heavy atom. The Labute approximate surface area is 177 Å². The Balaban J connectivity index is 0.00000300. The number of benzene rings is 2. The second kappa shape index (κ2) is 10.3. The molecule has 0 unspecified atom stereocenters. The molecule has 2 atom stereocenters. The average Bonchev–Trinajstić information content (AvgIpc) is 3.06. The van der Waals surface area contributed by atoms with Crippen molar-refractivity contribution in [3.8, 4) is 17.2 Å². The maximum atomic E-state index is 11.0. The lowest BCUT2D eigenvalue weighted by Gasteiger charge is -2.19. The number of hydrogen-bond acceptors (Lipinski definition) is 6. The van der Waals surface area contributed by atoms with Crippen LogP contribution in [0.5, 0.6) is 17.2 Å². The summed E-state index contributed by atoms with van der Waals surface area (Å²) in [5.74, 6) is 1.11. The predicted octanol–water partition coefficient (Wildman–Crippen LogP) is 1.92. The quantitative estimate of drug-likeness (QED) is 0.675. The van der Waals surface area contributed by atoms with Gasteiger partial charge in [0, 0.05) is 31.6 Å². The van der Waals surface area contributed by atoms with E-state index in [-0.39, 0.29) is 25.1 Å². The Morgan fingerprint density at radius 1 is 1.10 bits per heavy atom. The van der Waals surface area contributed by atoms with Gasteiger partial charge < -0.3 is 25.7 Å². The molecule has 3 rings (SSSR count). The number of likely N-dealkylation sites (tertiary alicyclic amines) is 1. The second-order valence-electron chi connectivity index (χ2n) is 6.96. The number of methoxy groups -OCH3 is 2. The maximum Gasteiger partial charge on any atom is 0.255 e. The zero-order valence-corrected chi connectivity index (χ0v) is 17.5. The highest BCUT2D eigenvalue weighted by atomic mass is 35.5. The fourth-order valence-electron chi connectivity index (χ4n) is 3.66. The summed E-state index contributed by atoms with van der Waals surface area (Å²) in [7, 11) is 3.10. The Hall–Kier alpha value is -2.48. The first-order valence-corrected chi connectivity index (χ1v) is 9.20. The van der Waals surface area contributed by atoms with Crippen molar-refractivity contribution in [3.63, 3.8) is 0 Å². The highest BCUT2D eigenvalue weighted by Crippen LogP contribution is 2.39. The van der Waals surface area contributed by atoms with E-state index < -0.39 is 5.91 Å². The van der Waals surface area contributed by atoms with Gasteiger partial charge in [0.25, 0.3) is 5.91 Å². The third-order valence-electron chi connectivity index (χ3n) is 4.95. The van der Waals surface area contributed by atoms with E-state index >= 15 is 0 Å². The van der Waals surface area contributed by atoms with Crippen LogP contribution in [0.2, 0.25) is 0 Å². The van der Waals surface area contributed by atoms with E-state index in [0.29, 0.717) is 29.7 Å². The van der Waals surface area contributed by atoms with Gasteiger partial charge in [0.1, 0.15) is 0 Å². The standard InChI is InChI=1S/C21H27N3O4.ClH/c1-26-18-8-14(9-19(27-2)21(18)28-13-20(23)25)10-24-11-16(17(22)12-24)15-6-4-3-5-7-15;/h3-9,16-17H,10-13,22H2,1-2H3,(H2,23,25);1H/t16-,17+;/m0./s1. The van der Waals surface area contributed by atoms with Gasteiger partial charge in [-0.05, 0) is 23.3 Å². The molecule has 2 aromatic rings. The molecule has 7 nitrogen and oxygen atoms in total. The van der Waals surface area contributed by atoms with Crippen molar-refractivity contribution in [2.45, 2.75) is 18.5 Å². The van der Waals surface area contributed by atoms with E-state index in [1.807, 2.05) is 30.3 Å². The Morgan fingerprint density at radius 2 is 1.72 bits per heavy atom. The van der Waals surface area contributed by atoms with Crippen molar-refractivity contribution < 1.29 is 19.0 Å². The van der Waals surface area contributed by atoms with Gasteiger partial charge in [-0.15, -0.1) is 12.4 Å². The van der Waals surface area contributed by atoms with E-state index in [1.54, 1.807) is 14.2 Å². The molecule has 4 N–H and O–H groups in total. The minimum Gasteiger partial charge on any atom is -0.493 e. The van der Waals surface area contributed by atoms with Crippen molar-refractivity contribution in [3.05, 3.63) is 53.6 Å². The minimum absolute atomic E-state index is 0. The van der Waals surface area contributed by atoms with Crippen LogP contribution in [0.4, 0.5) is 0 Å². The summed E-state index contributed by atoms with van der Waals surface area (Å²) < 4.78 is 16.3. The van der Waals surface area contributed by atoms with Gasteiger partial charge in [-0.3, -0.25) is 9.69 Å². The van der Waals surface area contributed by atoms with Gasteiger partial charge in [0.05, 0.1) is 14.2 Å². The highest BCUT2D eigenvalue weighted by molar-refractivity contribution is 5.85. The molecule has 0 radical (unpaired) electrons. The number of halogens is 1. The molecule has 1 fully saturated rings. The smallest absolute Gasteiger partial charge is 0.255 e. The molecule has 1 heterocycles. The normalized spacial score (nSPS) is 18.7. The van der Waals surface area contributed by atoms with Gasteiger partial charge in [0.2, 0.25) is 5.75 Å². The molecule has 0 spiro atoms. The average molecular weight is 422 g/mol. The van der Waals surface area contributed by atoms with Crippen LogP contribution in [-0.2, 0) is 11.3 Å². The summed E-state index contributed by atoms with van der Waals surface area (Å²) >= 11 is 0. The molecular formula is C21H28ClN3O4. The van der Waals surface area contributed by atoms with Crippen LogP contribution in [0.15, 0.2) is 42.5 Å². The molecule has 0 aliphatic carbocycles. The summed E-state index contributed by atoms with van der Waals surface area (Å²) in [4.78, 5) is 13.4. The van der Waals surface area contributed by atoms with Gasteiger partial charge >= 0.3 is 0 Å². The number of nitrogens with two attached hydrogens (primary N) is 2. The topological polar surface area (TPSA) is 100 Å². The number of ether oxygens (including phenoxy) is 3. The molecule has 0 bridgehead atoms. The number of nitrogens with zero attached hydrogens (tertiary/aromatic N) is 1. The number of hydrogen-bond donors (Lipinski definition) is 2. The van der Waals surface area contributed by atoms with Crippen LogP contribution < -0.4 is 25.7 Å². The zero-order valence-electron chi connectivity index (χ0n) is 16.7. The number of carbonyl (C=O) groups excluding carboxylic acids is 1. The third-order valence-corrected chi connectivity index (χ3v) is 4.95. The van der Waals surface area contributed by atoms with E-state index in [9.17, 15) is 4.79 Å². The van der Waals surface area contributed by atoms with E-state index in [2.05, 4.69) is 17.0 Å². The van der Waals surface area contributed by atoms with Crippen molar-refractivity contribution in [2.75, 3.05) is 33.9 Å². The van der Waals surface area contributed by atoms with Gasteiger partial charge in [-0.2, -0.15) is 0 Å². The fourth-order valence-corrected chi connectivity index (χ4v) is 3.66. The zero-order chi connectivity index (χ0) is 20.1. The molecule has 8 heteroatoms. The molecule has 0 aromatic heterocycles. The lowest BCUT2D eigenvalue weighted by Crippen LogP contribution is -2.28. The minimum atomic E-state index is -0.564. The molecule has 1 amide bonds. The molecular weight excluding hydrogens is 394 g/mol. The number of amides is 1. The van der Waals surface area contributed by atoms with Crippen LogP contribution in [-0.4, -0.2) is 50.8 Å². The molecule has 1 saturated heterocycles. The molecule has 158 valence electrons. The fraction of sp³-hybridized carbons (Fsp3) is 0.381. The molecule has 0 saturated carbocycles. The first-order valence-electron chi connectivity index (χ1n) is 9.20. The van der Waals surface area contributed by atoms with Crippen LogP contribution >= 0.6 is 12.4 Å². The second-order valence-corrected chi connectivity index (χ2v) is 6.96. The largest absolute Gasteiger partial charge is 0.493 e. The molecule has 2 aromatic carbocycles. The summed E-state index contributed by atoms with van der Waals surface area (Å²) in [5, 5.41) is 0. The summed E-state index contributed by atoms with van der Waals surface area (Å²) in [6.07, 6.45) is 0. The van der Waals surface area contributed by atoms with E-state index in [1.165, 1.54) is 5.56 Å². The highest BCUT2D eigenvalue weighted by Gasteiger charge is 2.31. The van der Waals surface area contributed by atoms with Crippen molar-refractivity contribution in [2.24, 2.45) is 11.5 Å². The van der Waals surface area contributed by atoms with E-state index in [0.717, 1.165) is 18.7 Å². The summed E-state index contributed by atoms with van der Waals surface area (Å²) in [6, 6.07) is 14.2. The lowest BCUT2D eigenvalue weighted by molar-refractivity contribution is -0.120. The monoisotopic (exact) mass is 421 g/mol. The SMILES string of the molecule is COc1cc(CN2C[C@@H](N)[C@H](c3ccccc3)C2)cc(OC)c1OCC(N)=O.Cl. The first-order chi connectivity index (χ1) is 13.5. The van der Waals surface area contributed by atoms with E-state index in [4.69, 9.17) is 25.7 Å². The maximum absolute atomic E-state index is 11.0. The first kappa shape index (κ1) is 22.8. The lowest BCUT2D eigenvalue weighted by atomic mass is 9.95. The molecule has 1 aliphatic heterocycles. The van der Waals surface area contributed by atoms with Gasteiger partial charge in [-0.1, -0.05) is 30.3 Å². The summed E-state index contributed by atoms with van der Waals surface area (Å²) in [5.41, 5.74) is 13.9. The van der Waals surface area contributed by atoms with Crippen LogP contribution in [0.1, 0.15) is 17.0 Å². The number of carbonyl (C=O) groups is 1. The predicted molar refractivity (Wildman–Crippen MR) is 114 cm³/mol. The number of primary amides is 1. The van der Waals surface area contributed by atoms with Crippen molar-refractivity contribution >= 4 is 18.3 Å². The Kier molecular flexibility index (Phi) is 8.13. The van der Waals surface area contributed by atoms with Crippen LogP contribution in [0, 0.1) is 0 Å². The van der Waals surface area contributed by atoms with Crippen LogP contribution in [0.25, 0.3) is 0 Å². The van der Waals surface area contributed by atoms with Crippen molar-refractivity contribution in [1.82, 2.24) is 4.90 Å². The van der Waals surface area contributed by atoms with Crippen molar-refractivity contribution in [1.29, 1.82) is 0 Å². The Bertz CT molecular complexity index is 794. The van der Waals surface area contributed by atoms with Crippen LogP contribution in [0.3, 0.4) is 0 Å². The molecule has 1 aliphatic rings. The number of rotatable bonds is 8. The molecule has 29 heavy (non-hydrogen) atoms. The summed E-state index contributed by atoms with van der Waals surface area (Å²) in [6.45, 7) is 2.16. The third kappa shape index (κ3) is 5.53. The van der Waals surface area contributed by atoms with Gasteiger partial charge in [-0.25, -0.2) is 0 Å². The van der Waals surface area contributed by atoms with Gasteiger partial charge in [0.15, 0.2) is 18.1 Å².